The molecule has 2 nitrogen and oxygen atoms in total. The molecule has 1 aliphatic rings. The molecule has 0 spiro atoms. The van der Waals surface area contributed by atoms with Crippen molar-refractivity contribution in [3.63, 3.8) is 0 Å². The third-order valence-corrected chi connectivity index (χ3v) is 5.30. The Morgan fingerprint density at radius 2 is 2.16 bits per heavy atom. The van der Waals surface area contributed by atoms with Crippen LogP contribution >= 0.6 is 11.3 Å². The van der Waals surface area contributed by atoms with Gasteiger partial charge < -0.3 is 10.4 Å². The molecular weight excluding hydrogens is 254 g/mol. The van der Waals surface area contributed by atoms with Crippen molar-refractivity contribution in [1.82, 2.24) is 5.32 Å². The number of rotatable bonds is 3. The molecule has 2 aromatic rings. The number of benzene rings is 1. The van der Waals surface area contributed by atoms with Crippen LogP contribution in [-0.4, -0.2) is 17.3 Å². The second-order valence-corrected chi connectivity index (χ2v) is 6.71. The molecule has 1 aliphatic carbocycles. The molecule has 0 radical (unpaired) electrons. The normalized spacial score (nSPS) is 25.6. The van der Waals surface area contributed by atoms with E-state index in [0.29, 0.717) is 12.1 Å². The minimum Gasteiger partial charge on any atom is -0.393 e. The van der Waals surface area contributed by atoms with Gasteiger partial charge in [-0.25, -0.2) is 0 Å². The van der Waals surface area contributed by atoms with Crippen molar-refractivity contribution in [2.45, 2.75) is 50.8 Å². The summed E-state index contributed by atoms with van der Waals surface area (Å²) in [6.07, 6.45) is 4.08. The predicted molar refractivity (Wildman–Crippen MR) is 81.6 cm³/mol. The molecular formula is C16H21NOS. The Morgan fingerprint density at radius 1 is 1.32 bits per heavy atom. The molecule has 3 atom stereocenters. The molecule has 0 bridgehead atoms. The van der Waals surface area contributed by atoms with Gasteiger partial charge in [0.05, 0.1) is 6.10 Å². The maximum absolute atomic E-state index is 9.74. The Hall–Kier alpha value is -0.900. The monoisotopic (exact) mass is 275 g/mol. The van der Waals surface area contributed by atoms with Gasteiger partial charge in [0.25, 0.3) is 0 Å². The number of hydrogen-bond acceptors (Lipinski definition) is 3. The molecule has 1 saturated carbocycles. The summed E-state index contributed by atoms with van der Waals surface area (Å²) in [6.45, 7) is 2.23. The SMILES string of the molecule is CC(NC1CCCC(O)C1)c1cc2ccccc2s1. The largest absolute Gasteiger partial charge is 0.393 e. The second kappa shape index (κ2) is 5.61. The number of nitrogens with one attached hydrogen (secondary N) is 1. The zero-order chi connectivity index (χ0) is 13.2. The first kappa shape index (κ1) is 13.1. The Bertz CT molecular complexity index is 517. The number of hydrogen-bond donors (Lipinski definition) is 2. The predicted octanol–water partition coefficient (Wildman–Crippen LogP) is 3.86. The topological polar surface area (TPSA) is 32.3 Å². The van der Waals surface area contributed by atoms with Crippen LogP contribution in [0.1, 0.15) is 43.5 Å². The van der Waals surface area contributed by atoms with E-state index in [2.05, 4.69) is 42.6 Å². The molecule has 2 N–H and O–H groups in total. The van der Waals surface area contributed by atoms with Gasteiger partial charge in [0.2, 0.25) is 0 Å². The lowest BCUT2D eigenvalue weighted by Crippen LogP contribution is -2.37. The third kappa shape index (κ3) is 2.99. The first-order valence-electron chi connectivity index (χ1n) is 7.15. The minimum atomic E-state index is -0.110. The number of fused-ring (bicyclic) bond motifs is 1. The van der Waals surface area contributed by atoms with Crippen molar-refractivity contribution in [3.8, 4) is 0 Å². The van der Waals surface area contributed by atoms with Crippen molar-refractivity contribution in [2.24, 2.45) is 0 Å². The molecule has 3 unspecified atom stereocenters. The summed E-state index contributed by atoms with van der Waals surface area (Å²) in [5, 5.41) is 14.8. The van der Waals surface area contributed by atoms with Gasteiger partial charge in [0.15, 0.2) is 0 Å². The zero-order valence-electron chi connectivity index (χ0n) is 11.3. The average molecular weight is 275 g/mol. The van der Waals surface area contributed by atoms with E-state index in [-0.39, 0.29) is 6.10 Å². The van der Waals surface area contributed by atoms with Crippen LogP contribution in [0, 0.1) is 0 Å². The fourth-order valence-electron chi connectivity index (χ4n) is 2.97. The summed E-state index contributed by atoms with van der Waals surface area (Å²) >= 11 is 1.87. The van der Waals surface area contributed by atoms with E-state index in [4.69, 9.17) is 0 Å². The van der Waals surface area contributed by atoms with E-state index in [0.717, 1.165) is 19.3 Å². The van der Waals surface area contributed by atoms with Crippen LogP contribution in [0.2, 0.25) is 0 Å². The molecule has 1 aromatic heterocycles. The van der Waals surface area contributed by atoms with E-state index in [1.807, 2.05) is 11.3 Å². The van der Waals surface area contributed by atoms with Crippen molar-refractivity contribution in [1.29, 1.82) is 0 Å². The standard InChI is InChI=1S/C16H21NOS/c1-11(17-13-6-4-7-14(18)10-13)16-9-12-5-2-3-8-15(12)19-16/h2-3,5,8-9,11,13-14,17-18H,4,6-7,10H2,1H3. The summed E-state index contributed by atoms with van der Waals surface area (Å²) in [5.74, 6) is 0. The molecule has 0 aliphatic heterocycles. The van der Waals surface area contributed by atoms with E-state index in [1.165, 1.54) is 21.4 Å². The lowest BCUT2D eigenvalue weighted by atomic mass is 9.92. The summed E-state index contributed by atoms with van der Waals surface area (Å²) in [6, 6.07) is 11.7. The van der Waals surface area contributed by atoms with Crippen LogP contribution in [0.5, 0.6) is 0 Å². The van der Waals surface area contributed by atoms with Gasteiger partial charge in [0, 0.05) is 21.7 Å². The van der Waals surface area contributed by atoms with Crippen molar-refractivity contribution >= 4 is 21.4 Å². The highest BCUT2D eigenvalue weighted by Crippen LogP contribution is 2.30. The van der Waals surface area contributed by atoms with E-state index in [1.54, 1.807) is 0 Å². The molecule has 102 valence electrons. The van der Waals surface area contributed by atoms with Crippen LogP contribution in [0.4, 0.5) is 0 Å². The van der Waals surface area contributed by atoms with Crippen LogP contribution in [-0.2, 0) is 0 Å². The summed E-state index contributed by atoms with van der Waals surface area (Å²) in [7, 11) is 0. The van der Waals surface area contributed by atoms with E-state index >= 15 is 0 Å². The fourth-order valence-corrected chi connectivity index (χ4v) is 4.04. The maximum Gasteiger partial charge on any atom is 0.0555 e. The van der Waals surface area contributed by atoms with Crippen LogP contribution in [0.25, 0.3) is 10.1 Å². The highest BCUT2D eigenvalue weighted by atomic mass is 32.1. The average Bonchev–Trinajstić information content (AvgIpc) is 2.82. The zero-order valence-corrected chi connectivity index (χ0v) is 12.1. The Morgan fingerprint density at radius 3 is 2.95 bits per heavy atom. The molecule has 0 saturated heterocycles. The quantitative estimate of drug-likeness (QED) is 0.891. The van der Waals surface area contributed by atoms with Gasteiger partial charge in [0.1, 0.15) is 0 Å². The Kier molecular flexibility index (Phi) is 3.87. The summed E-state index contributed by atoms with van der Waals surface area (Å²) < 4.78 is 1.36. The molecule has 3 heteroatoms. The van der Waals surface area contributed by atoms with Gasteiger partial charge in [-0.2, -0.15) is 0 Å². The maximum atomic E-state index is 9.74. The van der Waals surface area contributed by atoms with Gasteiger partial charge in [-0.1, -0.05) is 18.2 Å². The lowest BCUT2D eigenvalue weighted by molar-refractivity contribution is 0.109. The molecule has 1 fully saturated rings. The molecule has 0 amide bonds. The van der Waals surface area contributed by atoms with E-state index < -0.39 is 0 Å². The van der Waals surface area contributed by atoms with Gasteiger partial charge >= 0.3 is 0 Å². The molecule has 1 aromatic carbocycles. The Balaban J connectivity index is 1.70. The van der Waals surface area contributed by atoms with Crippen LogP contribution in [0.3, 0.4) is 0 Å². The minimum absolute atomic E-state index is 0.110. The first-order valence-corrected chi connectivity index (χ1v) is 7.96. The lowest BCUT2D eigenvalue weighted by Gasteiger charge is -2.29. The summed E-state index contributed by atoms with van der Waals surface area (Å²) in [4.78, 5) is 1.39. The van der Waals surface area contributed by atoms with Gasteiger partial charge in [-0.15, -0.1) is 11.3 Å². The molecule has 19 heavy (non-hydrogen) atoms. The summed E-state index contributed by atoms with van der Waals surface area (Å²) in [5.41, 5.74) is 0. The number of aliphatic hydroxyl groups excluding tert-OH is 1. The van der Waals surface area contributed by atoms with Gasteiger partial charge in [-0.05, 0) is 50.1 Å². The molecule has 1 heterocycles. The second-order valence-electron chi connectivity index (χ2n) is 5.59. The van der Waals surface area contributed by atoms with E-state index in [9.17, 15) is 5.11 Å². The molecule has 3 rings (SSSR count). The fraction of sp³-hybridized carbons (Fsp3) is 0.500. The Labute approximate surface area is 118 Å². The number of aliphatic hydroxyl groups is 1. The highest BCUT2D eigenvalue weighted by Gasteiger charge is 2.22. The van der Waals surface area contributed by atoms with Crippen molar-refractivity contribution in [2.75, 3.05) is 0 Å². The van der Waals surface area contributed by atoms with Crippen molar-refractivity contribution in [3.05, 3.63) is 35.2 Å². The smallest absolute Gasteiger partial charge is 0.0555 e. The highest BCUT2D eigenvalue weighted by molar-refractivity contribution is 7.19. The first-order chi connectivity index (χ1) is 9.22. The number of thiophene rings is 1. The van der Waals surface area contributed by atoms with Crippen molar-refractivity contribution < 1.29 is 5.11 Å². The van der Waals surface area contributed by atoms with Crippen LogP contribution in [0.15, 0.2) is 30.3 Å². The third-order valence-electron chi connectivity index (χ3n) is 4.00. The van der Waals surface area contributed by atoms with Crippen LogP contribution < -0.4 is 5.32 Å². The van der Waals surface area contributed by atoms with Gasteiger partial charge in [-0.3, -0.25) is 0 Å².